The predicted molar refractivity (Wildman–Crippen MR) is 94.9 cm³/mol. The Morgan fingerprint density at radius 1 is 1.25 bits per heavy atom. The molecule has 3 aromatic rings. The van der Waals surface area contributed by atoms with E-state index in [-0.39, 0.29) is 5.91 Å². The number of rotatable bonds is 6. The van der Waals surface area contributed by atoms with E-state index in [2.05, 4.69) is 45.8 Å². The Bertz CT molecular complexity index is 802. The molecule has 0 aliphatic carbocycles. The Morgan fingerprint density at radius 3 is 2.79 bits per heavy atom. The van der Waals surface area contributed by atoms with Gasteiger partial charge in [0.25, 0.3) is 5.91 Å². The van der Waals surface area contributed by atoms with Crippen molar-refractivity contribution in [2.45, 2.75) is 26.3 Å². The quantitative estimate of drug-likeness (QED) is 0.730. The minimum atomic E-state index is -0.0404. The number of hydrogen-bond donors (Lipinski definition) is 2. The zero-order valence-corrected chi connectivity index (χ0v) is 14.0. The van der Waals surface area contributed by atoms with Crippen molar-refractivity contribution in [2.75, 3.05) is 6.54 Å². The molecule has 5 heteroatoms. The summed E-state index contributed by atoms with van der Waals surface area (Å²) in [5.74, 6) is 0.250. The predicted octanol–water partition coefficient (Wildman–Crippen LogP) is 3.43. The van der Waals surface area contributed by atoms with Crippen molar-refractivity contribution in [3.63, 3.8) is 0 Å². The summed E-state index contributed by atoms with van der Waals surface area (Å²) in [4.78, 5) is 19.7. The van der Waals surface area contributed by atoms with Gasteiger partial charge in [0.2, 0.25) is 0 Å². The molecule has 0 aliphatic heterocycles. The SMILES string of the molecule is CC(C)c1[nH]ccc1C(=O)NCCn1cncc1-c1ccccc1. The minimum Gasteiger partial charge on any atom is -0.364 e. The molecule has 2 aromatic heterocycles. The van der Waals surface area contributed by atoms with Crippen molar-refractivity contribution in [3.8, 4) is 11.3 Å². The molecule has 0 radical (unpaired) electrons. The summed E-state index contributed by atoms with van der Waals surface area (Å²) in [7, 11) is 0. The molecule has 3 rings (SSSR count). The third-order valence-electron chi connectivity index (χ3n) is 4.02. The van der Waals surface area contributed by atoms with Gasteiger partial charge in [-0.3, -0.25) is 4.79 Å². The van der Waals surface area contributed by atoms with E-state index < -0.39 is 0 Å². The zero-order valence-electron chi connectivity index (χ0n) is 14.0. The molecule has 1 amide bonds. The summed E-state index contributed by atoms with van der Waals surface area (Å²) in [6.07, 6.45) is 5.46. The van der Waals surface area contributed by atoms with Gasteiger partial charge in [0.05, 0.1) is 23.8 Å². The van der Waals surface area contributed by atoms with Crippen molar-refractivity contribution in [2.24, 2.45) is 0 Å². The van der Waals surface area contributed by atoms with Gasteiger partial charge in [0, 0.05) is 25.0 Å². The van der Waals surface area contributed by atoms with Gasteiger partial charge in [-0.15, -0.1) is 0 Å². The van der Waals surface area contributed by atoms with Gasteiger partial charge in [0.15, 0.2) is 0 Å². The van der Waals surface area contributed by atoms with Crippen LogP contribution in [0.25, 0.3) is 11.3 Å². The average molecular weight is 322 g/mol. The zero-order chi connectivity index (χ0) is 16.9. The molecule has 0 atom stereocenters. The van der Waals surface area contributed by atoms with Crippen LogP contribution in [-0.2, 0) is 6.54 Å². The van der Waals surface area contributed by atoms with E-state index in [0.29, 0.717) is 19.0 Å². The van der Waals surface area contributed by atoms with Crippen molar-refractivity contribution in [1.29, 1.82) is 0 Å². The molecular weight excluding hydrogens is 300 g/mol. The van der Waals surface area contributed by atoms with Crippen LogP contribution < -0.4 is 5.32 Å². The molecule has 0 bridgehead atoms. The second kappa shape index (κ2) is 7.17. The van der Waals surface area contributed by atoms with Crippen LogP contribution in [0.3, 0.4) is 0 Å². The van der Waals surface area contributed by atoms with Gasteiger partial charge in [-0.2, -0.15) is 0 Å². The van der Waals surface area contributed by atoms with Crippen LogP contribution in [0, 0.1) is 0 Å². The maximum Gasteiger partial charge on any atom is 0.253 e. The van der Waals surface area contributed by atoms with Gasteiger partial charge in [0.1, 0.15) is 0 Å². The normalized spacial score (nSPS) is 11.0. The highest BCUT2D eigenvalue weighted by Gasteiger charge is 2.14. The lowest BCUT2D eigenvalue weighted by Gasteiger charge is -2.11. The number of nitrogens with zero attached hydrogens (tertiary/aromatic N) is 2. The topological polar surface area (TPSA) is 62.7 Å². The summed E-state index contributed by atoms with van der Waals surface area (Å²) in [6, 6.07) is 12.0. The van der Waals surface area contributed by atoms with Crippen LogP contribution in [0.4, 0.5) is 0 Å². The van der Waals surface area contributed by atoms with E-state index in [4.69, 9.17) is 0 Å². The Labute approximate surface area is 141 Å². The molecule has 5 nitrogen and oxygen atoms in total. The summed E-state index contributed by atoms with van der Waals surface area (Å²) in [5.41, 5.74) is 3.86. The minimum absolute atomic E-state index is 0.0404. The van der Waals surface area contributed by atoms with Gasteiger partial charge < -0.3 is 14.9 Å². The summed E-state index contributed by atoms with van der Waals surface area (Å²) >= 11 is 0. The molecule has 2 heterocycles. The fraction of sp³-hybridized carbons (Fsp3) is 0.263. The standard InChI is InChI=1S/C19H22N4O/c1-14(2)18-16(8-9-21-18)19(24)22-10-11-23-13-20-12-17(23)15-6-4-3-5-7-15/h3-9,12-14,21H,10-11H2,1-2H3,(H,22,24). The molecular formula is C19H22N4O. The molecule has 0 spiro atoms. The Balaban J connectivity index is 1.63. The Kier molecular flexibility index (Phi) is 4.79. The molecule has 0 fully saturated rings. The maximum absolute atomic E-state index is 12.4. The Hall–Kier alpha value is -2.82. The number of amides is 1. The summed E-state index contributed by atoms with van der Waals surface area (Å²) in [5, 5.41) is 2.99. The Morgan fingerprint density at radius 2 is 2.04 bits per heavy atom. The average Bonchev–Trinajstić information content (AvgIpc) is 3.25. The third kappa shape index (κ3) is 3.40. The maximum atomic E-state index is 12.4. The lowest BCUT2D eigenvalue weighted by molar-refractivity contribution is 0.0951. The van der Waals surface area contributed by atoms with E-state index >= 15 is 0 Å². The first-order valence-electron chi connectivity index (χ1n) is 8.18. The van der Waals surface area contributed by atoms with E-state index in [1.165, 1.54) is 0 Å². The van der Waals surface area contributed by atoms with E-state index in [1.54, 1.807) is 6.33 Å². The van der Waals surface area contributed by atoms with Gasteiger partial charge in [-0.05, 0) is 17.5 Å². The van der Waals surface area contributed by atoms with Crippen molar-refractivity contribution in [3.05, 3.63) is 66.4 Å². The van der Waals surface area contributed by atoms with Gasteiger partial charge in [-0.25, -0.2) is 4.98 Å². The second-order valence-electron chi connectivity index (χ2n) is 6.05. The number of imidazole rings is 1. The lowest BCUT2D eigenvalue weighted by atomic mass is 10.1. The first-order chi connectivity index (χ1) is 11.7. The highest BCUT2D eigenvalue weighted by Crippen LogP contribution is 2.19. The van der Waals surface area contributed by atoms with Crippen LogP contribution in [-0.4, -0.2) is 27.0 Å². The number of hydrogen-bond acceptors (Lipinski definition) is 2. The molecule has 1 aromatic carbocycles. The lowest BCUT2D eigenvalue weighted by Crippen LogP contribution is -2.27. The van der Waals surface area contributed by atoms with Gasteiger partial charge in [-0.1, -0.05) is 44.2 Å². The molecule has 0 saturated carbocycles. The molecule has 0 aliphatic rings. The molecule has 0 saturated heterocycles. The number of benzene rings is 1. The number of nitrogens with one attached hydrogen (secondary N) is 2. The summed E-state index contributed by atoms with van der Waals surface area (Å²) in [6.45, 7) is 5.37. The van der Waals surface area contributed by atoms with E-state index in [1.807, 2.05) is 36.7 Å². The van der Waals surface area contributed by atoms with Crippen LogP contribution in [0.1, 0.15) is 35.8 Å². The highest BCUT2D eigenvalue weighted by atomic mass is 16.1. The van der Waals surface area contributed by atoms with Crippen LogP contribution >= 0.6 is 0 Å². The monoisotopic (exact) mass is 322 g/mol. The third-order valence-corrected chi connectivity index (χ3v) is 4.02. The number of H-pyrrole nitrogens is 1. The van der Waals surface area contributed by atoms with Crippen molar-refractivity contribution < 1.29 is 4.79 Å². The number of carbonyl (C=O) groups is 1. The summed E-state index contributed by atoms with van der Waals surface area (Å²) < 4.78 is 2.05. The second-order valence-corrected chi connectivity index (χ2v) is 6.05. The fourth-order valence-corrected chi connectivity index (χ4v) is 2.79. The van der Waals surface area contributed by atoms with Crippen molar-refractivity contribution >= 4 is 5.91 Å². The van der Waals surface area contributed by atoms with Gasteiger partial charge >= 0.3 is 0 Å². The molecule has 24 heavy (non-hydrogen) atoms. The molecule has 0 unspecified atom stereocenters. The smallest absolute Gasteiger partial charge is 0.253 e. The van der Waals surface area contributed by atoms with Crippen LogP contribution in [0.15, 0.2) is 55.1 Å². The first kappa shape index (κ1) is 16.1. The van der Waals surface area contributed by atoms with Crippen molar-refractivity contribution in [1.82, 2.24) is 19.9 Å². The van der Waals surface area contributed by atoms with Crippen LogP contribution in [0.5, 0.6) is 0 Å². The fourth-order valence-electron chi connectivity index (χ4n) is 2.79. The van der Waals surface area contributed by atoms with E-state index in [9.17, 15) is 4.79 Å². The first-order valence-corrected chi connectivity index (χ1v) is 8.18. The number of aromatic amines is 1. The van der Waals surface area contributed by atoms with Crippen LogP contribution in [0.2, 0.25) is 0 Å². The number of carbonyl (C=O) groups excluding carboxylic acids is 1. The number of aromatic nitrogens is 3. The highest BCUT2D eigenvalue weighted by molar-refractivity contribution is 5.95. The molecule has 124 valence electrons. The largest absolute Gasteiger partial charge is 0.364 e. The molecule has 2 N–H and O–H groups in total. The van der Waals surface area contributed by atoms with E-state index in [0.717, 1.165) is 22.5 Å².